The van der Waals surface area contributed by atoms with E-state index in [2.05, 4.69) is 11.0 Å². The molecule has 0 spiro atoms. The SMILES string of the molecule is Cl.O=C(Cc1ccccc1)N1CCN(Cc2ccccc2Cl)CC1. The number of carbonyl (C=O) groups excluding carboxylic acids is 1. The van der Waals surface area contributed by atoms with E-state index in [9.17, 15) is 4.79 Å². The maximum absolute atomic E-state index is 12.4. The minimum Gasteiger partial charge on any atom is -0.340 e. The highest BCUT2D eigenvalue weighted by Gasteiger charge is 2.21. The van der Waals surface area contributed by atoms with Gasteiger partial charge in [-0.1, -0.05) is 60.1 Å². The van der Waals surface area contributed by atoms with Crippen LogP contribution in [0.25, 0.3) is 0 Å². The Balaban J connectivity index is 0.00000208. The number of benzene rings is 2. The van der Waals surface area contributed by atoms with Gasteiger partial charge in [0.25, 0.3) is 0 Å². The van der Waals surface area contributed by atoms with Crippen molar-refractivity contribution < 1.29 is 4.79 Å². The third-order valence-electron chi connectivity index (χ3n) is 4.27. The Morgan fingerprint density at radius 2 is 1.54 bits per heavy atom. The highest BCUT2D eigenvalue weighted by molar-refractivity contribution is 6.31. The zero-order valence-electron chi connectivity index (χ0n) is 13.5. The standard InChI is InChI=1S/C19H21ClN2O.ClH/c20-18-9-5-4-8-17(18)15-21-10-12-22(13-11-21)19(23)14-16-6-2-1-3-7-16;/h1-9H,10-15H2;1H. The molecule has 24 heavy (non-hydrogen) atoms. The molecule has 0 N–H and O–H groups in total. The van der Waals surface area contributed by atoms with Crippen molar-refractivity contribution in [2.24, 2.45) is 0 Å². The van der Waals surface area contributed by atoms with Crippen molar-refractivity contribution in [1.82, 2.24) is 9.80 Å². The first-order chi connectivity index (χ1) is 11.2. The van der Waals surface area contributed by atoms with Crippen molar-refractivity contribution in [3.05, 3.63) is 70.7 Å². The van der Waals surface area contributed by atoms with E-state index in [1.54, 1.807) is 0 Å². The van der Waals surface area contributed by atoms with Crippen LogP contribution in [0.3, 0.4) is 0 Å². The second-order valence-electron chi connectivity index (χ2n) is 5.91. The van der Waals surface area contributed by atoms with Gasteiger partial charge in [-0.15, -0.1) is 12.4 Å². The molecule has 128 valence electrons. The number of piperazine rings is 1. The average molecular weight is 365 g/mol. The zero-order chi connectivity index (χ0) is 16.1. The lowest BCUT2D eigenvalue weighted by atomic mass is 10.1. The Kier molecular flexibility index (Phi) is 7.10. The van der Waals surface area contributed by atoms with E-state index in [0.29, 0.717) is 6.42 Å². The molecule has 0 unspecified atom stereocenters. The molecular weight excluding hydrogens is 343 g/mol. The number of amides is 1. The molecule has 1 heterocycles. The summed E-state index contributed by atoms with van der Waals surface area (Å²) in [5.41, 5.74) is 2.23. The molecule has 0 aliphatic carbocycles. The van der Waals surface area contributed by atoms with Crippen LogP contribution < -0.4 is 0 Å². The average Bonchev–Trinajstić information content (AvgIpc) is 2.58. The first-order valence-corrected chi connectivity index (χ1v) is 8.37. The van der Waals surface area contributed by atoms with Gasteiger partial charge in [-0.05, 0) is 17.2 Å². The number of carbonyl (C=O) groups is 1. The number of rotatable bonds is 4. The third-order valence-corrected chi connectivity index (χ3v) is 4.64. The number of hydrogen-bond donors (Lipinski definition) is 0. The van der Waals surface area contributed by atoms with Gasteiger partial charge >= 0.3 is 0 Å². The summed E-state index contributed by atoms with van der Waals surface area (Å²) in [5.74, 6) is 0.216. The van der Waals surface area contributed by atoms with E-state index in [-0.39, 0.29) is 18.3 Å². The fourth-order valence-electron chi connectivity index (χ4n) is 2.91. The van der Waals surface area contributed by atoms with E-state index in [1.165, 1.54) is 0 Å². The second-order valence-corrected chi connectivity index (χ2v) is 6.32. The van der Waals surface area contributed by atoms with E-state index >= 15 is 0 Å². The van der Waals surface area contributed by atoms with Gasteiger partial charge in [0.05, 0.1) is 6.42 Å². The van der Waals surface area contributed by atoms with Crippen LogP contribution in [0.2, 0.25) is 5.02 Å². The molecular formula is C19H22Cl2N2O. The molecule has 0 bridgehead atoms. The number of halogens is 2. The summed E-state index contributed by atoms with van der Waals surface area (Å²) in [5, 5.41) is 0.815. The van der Waals surface area contributed by atoms with Crippen molar-refractivity contribution >= 4 is 29.9 Å². The summed E-state index contributed by atoms with van der Waals surface area (Å²) in [4.78, 5) is 16.7. The van der Waals surface area contributed by atoms with Gasteiger partial charge in [0.15, 0.2) is 0 Å². The van der Waals surface area contributed by atoms with Gasteiger partial charge in [0, 0.05) is 37.7 Å². The number of nitrogens with zero attached hydrogens (tertiary/aromatic N) is 2. The van der Waals surface area contributed by atoms with Gasteiger partial charge in [0.2, 0.25) is 5.91 Å². The first kappa shape index (κ1) is 18.8. The molecule has 0 saturated carbocycles. The first-order valence-electron chi connectivity index (χ1n) is 8.00. The van der Waals surface area contributed by atoms with Crippen molar-refractivity contribution in [2.75, 3.05) is 26.2 Å². The van der Waals surface area contributed by atoms with Crippen molar-refractivity contribution in [2.45, 2.75) is 13.0 Å². The van der Waals surface area contributed by atoms with Gasteiger partial charge < -0.3 is 4.90 Å². The molecule has 1 aliphatic rings. The maximum atomic E-state index is 12.4. The predicted molar refractivity (Wildman–Crippen MR) is 101 cm³/mol. The molecule has 3 rings (SSSR count). The van der Waals surface area contributed by atoms with Crippen molar-refractivity contribution in [3.8, 4) is 0 Å². The minimum atomic E-state index is 0. The fourth-order valence-corrected chi connectivity index (χ4v) is 3.10. The Labute approximate surface area is 154 Å². The van der Waals surface area contributed by atoms with Crippen LogP contribution in [0.1, 0.15) is 11.1 Å². The van der Waals surface area contributed by atoms with Gasteiger partial charge in [-0.2, -0.15) is 0 Å². The van der Waals surface area contributed by atoms with Crippen molar-refractivity contribution in [3.63, 3.8) is 0 Å². The lowest BCUT2D eigenvalue weighted by molar-refractivity contribution is -0.132. The van der Waals surface area contributed by atoms with Crippen LogP contribution in [0.15, 0.2) is 54.6 Å². The molecule has 0 aromatic heterocycles. The highest BCUT2D eigenvalue weighted by atomic mass is 35.5. The van der Waals surface area contributed by atoms with Crippen LogP contribution in [0.4, 0.5) is 0 Å². The lowest BCUT2D eigenvalue weighted by Crippen LogP contribution is -2.48. The molecule has 0 atom stereocenters. The van der Waals surface area contributed by atoms with Crippen LogP contribution in [0, 0.1) is 0 Å². The Morgan fingerprint density at radius 1 is 0.917 bits per heavy atom. The summed E-state index contributed by atoms with van der Waals surface area (Å²) in [6.07, 6.45) is 0.491. The van der Waals surface area contributed by atoms with Crippen LogP contribution >= 0.6 is 24.0 Å². The molecule has 5 heteroatoms. The molecule has 1 saturated heterocycles. The molecule has 1 amide bonds. The summed E-state index contributed by atoms with van der Waals surface area (Å²) in [6.45, 7) is 4.21. The summed E-state index contributed by atoms with van der Waals surface area (Å²) < 4.78 is 0. The topological polar surface area (TPSA) is 23.6 Å². The van der Waals surface area contributed by atoms with Crippen LogP contribution in [-0.2, 0) is 17.8 Å². The third kappa shape index (κ3) is 4.97. The van der Waals surface area contributed by atoms with Gasteiger partial charge in [-0.3, -0.25) is 9.69 Å². The normalized spacial score (nSPS) is 15.0. The Bertz CT molecular complexity index is 655. The molecule has 2 aromatic carbocycles. The molecule has 3 nitrogen and oxygen atoms in total. The van der Waals surface area contributed by atoms with Gasteiger partial charge in [0.1, 0.15) is 0 Å². The Morgan fingerprint density at radius 3 is 2.21 bits per heavy atom. The van der Waals surface area contributed by atoms with Gasteiger partial charge in [-0.25, -0.2) is 0 Å². The van der Waals surface area contributed by atoms with E-state index in [0.717, 1.165) is 48.9 Å². The summed E-state index contributed by atoms with van der Waals surface area (Å²) in [7, 11) is 0. The monoisotopic (exact) mass is 364 g/mol. The Hall–Kier alpha value is -1.55. The highest BCUT2D eigenvalue weighted by Crippen LogP contribution is 2.18. The van der Waals surface area contributed by atoms with Crippen LogP contribution in [-0.4, -0.2) is 41.9 Å². The van der Waals surface area contributed by atoms with E-state index in [1.807, 2.05) is 53.4 Å². The van der Waals surface area contributed by atoms with E-state index < -0.39 is 0 Å². The molecule has 0 radical (unpaired) electrons. The summed E-state index contributed by atoms with van der Waals surface area (Å²) >= 11 is 6.22. The minimum absolute atomic E-state index is 0. The molecule has 1 fully saturated rings. The van der Waals surface area contributed by atoms with Crippen LogP contribution in [0.5, 0.6) is 0 Å². The second kappa shape index (κ2) is 9.07. The van der Waals surface area contributed by atoms with E-state index in [4.69, 9.17) is 11.6 Å². The largest absolute Gasteiger partial charge is 0.340 e. The molecule has 2 aromatic rings. The maximum Gasteiger partial charge on any atom is 0.227 e. The van der Waals surface area contributed by atoms with Crippen molar-refractivity contribution in [1.29, 1.82) is 0 Å². The summed E-state index contributed by atoms with van der Waals surface area (Å²) in [6, 6.07) is 17.9. The smallest absolute Gasteiger partial charge is 0.227 e. The number of hydrogen-bond acceptors (Lipinski definition) is 2. The molecule has 1 aliphatic heterocycles. The fraction of sp³-hybridized carbons (Fsp3) is 0.316. The predicted octanol–water partition coefficient (Wildman–Crippen LogP) is 3.65. The lowest BCUT2D eigenvalue weighted by Gasteiger charge is -2.35. The quantitative estimate of drug-likeness (QED) is 0.826. The zero-order valence-corrected chi connectivity index (χ0v) is 15.1.